The standard InChI is InChI=1S/C12H20O/c1-11(10-13)6-5-9-12-7-3-2-4-8-12/h2-3,10-12H,4-9H2,1H3. The number of hydrogen-bond acceptors (Lipinski definition) is 1. The van der Waals surface area contributed by atoms with Crippen molar-refractivity contribution >= 4 is 6.29 Å². The Hall–Kier alpha value is -0.590. The maximum absolute atomic E-state index is 10.4. The molecule has 0 radical (unpaired) electrons. The average Bonchev–Trinajstić information content (AvgIpc) is 2.19. The molecule has 0 saturated heterocycles. The highest BCUT2D eigenvalue weighted by molar-refractivity contribution is 5.52. The maximum Gasteiger partial charge on any atom is 0.122 e. The smallest absolute Gasteiger partial charge is 0.122 e. The largest absolute Gasteiger partial charge is 0.303 e. The summed E-state index contributed by atoms with van der Waals surface area (Å²) in [5, 5.41) is 0. The van der Waals surface area contributed by atoms with Gasteiger partial charge in [-0.05, 0) is 31.6 Å². The third-order valence-corrected chi connectivity index (χ3v) is 2.88. The van der Waals surface area contributed by atoms with Crippen LogP contribution in [0.2, 0.25) is 0 Å². The first-order chi connectivity index (χ1) is 6.33. The lowest BCUT2D eigenvalue weighted by molar-refractivity contribution is -0.110. The van der Waals surface area contributed by atoms with E-state index in [2.05, 4.69) is 12.2 Å². The Morgan fingerprint density at radius 1 is 1.54 bits per heavy atom. The molecule has 0 aromatic rings. The van der Waals surface area contributed by atoms with Crippen LogP contribution in [0.4, 0.5) is 0 Å². The number of aldehydes is 1. The summed E-state index contributed by atoms with van der Waals surface area (Å²) in [5.74, 6) is 1.16. The van der Waals surface area contributed by atoms with Gasteiger partial charge in [0.2, 0.25) is 0 Å². The summed E-state index contributed by atoms with van der Waals surface area (Å²) >= 11 is 0. The molecule has 0 fully saturated rings. The Morgan fingerprint density at radius 2 is 2.38 bits per heavy atom. The lowest BCUT2D eigenvalue weighted by atomic mass is 9.89. The fourth-order valence-electron chi connectivity index (χ4n) is 1.92. The van der Waals surface area contributed by atoms with Gasteiger partial charge in [0.25, 0.3) is 0 Å². The van der Waals surface area contributed by atoms with Crippen LogP contribution in [-0.2, 0) is 4.79 Å². The lowest BCUT2D eigenvalue weighted by Gasteiger charge is -2.17. The predicted molar refractivity (Wildman–Crippen MR) is 55.6 cm³/mol. The van der Waals surface area contributed by atoms with Gasteiger partial charge in [-0.15, -0.1) is 0 Å². The predicted octanol–water partition coefficient (Wildman–Crippen LogP) is 3.35. The number of carbonyl (C=O) groups excluding carboxylic acids is 1. The van der Waals surface area contributed by atoms with Gasteiger partial charge in [-0.25, -0.2) is 0 Å². The summed E-state index contributed by atoms with van der Waals surface area (Å²) in [6, 6.07) is 0. The van der Waals surface area contributed by atoms with Crippen LogP contribution in [0.25, 0.3) is 0 Å². The monoisotopic (exact) mass is 180 g/mol. The highest BCUT2D eigenvalue weighted by Crippen LogP contribution is 2.24. The third-order valence-electron chi connectivity index (χ3n) is 2.88. The topological polar surface area (TPSA) is 17.1 Å². The summed E-state index contributed by atoms with van der Waals surface area (Å²) in [6.07, 6.45) is 13.1. The summed E-state index contributed by atoms with van der Waals surface area (Å²) < 4.78 is 0. The highest BCUT2D eigenvalue weighted by Gasteiger charge is 2.09. The van der Waals surface area contributed by atoms with Gasteiger partial charge >= 0.3 is 0 Å². The van der Waals surface area contributed by atoms with Crippen molar-refractivity contribution in [1.29, 1.82) is 0 Å². The first-order valence-electron chi connectivity index (χ1n) is 5.43. The molecular weight excluding hydrogens is 160 g/mol. The highest BCUT2D eigenvalue weighted by atomic mass is 16.1. The molecule has 74 valence electrons. The van der Waals surface area contributed by atoms with Crippen LogP contribution in [0.5, 0.6) is 0 Å². The molecule has 1 aliphatic rings. The molecule has 0 bridgehead atoms. The van der Waals surface area contributed by atoms with E-state index in [-0.39, 0.29) is 5.92 Å². The van der Waals surface area contributed by atoms with E-state index >= 15 is 0 Å². The summed E-state index contributed by atoms with van der Waals surface area (Å²) in [4.78, 5) is 10.4. The fourth-order valence-corrected chi connectivity index (χ4v) is 1.92. The molecule has 0 heterocycles. The first kappa shape index (κ1) is 10.5. The Bertz CT molecular complexity index is 172. The molecule has 1 aliphatic carbocycles. The summed E-state index contributed by atoms with van der Waals surface area (Å²) in [7, 11) is 0. The van der Waals surface area contributed by atoms with Crippen LogP contribution >= 0.6 is 0 Å². The van der Waals surface area contributed by atoms with Gasteiger partial charge in [0, 0.05) is 5.92 Å². The molecule has 0 saturated carbocycles. The maximum atomic E-state index is 10.4. The second-order valence-electron chi connectivity index (χ2n) is 4.19. The SMILES string of the molecule is CC(C=O)CCCC1CC=CCC1. The normalized spacial score (nSPS) is 24.2. The van der Waals surface area contributed by atoms with Crippen molar-refractivity contribution in [2.24, 2.45) is 11.8 Å². The summed E-state index contributed by atoms with van der Waals surface area (Å²) in [5.41, 5.74) is 0. The Balaban J connectivity index is 2.05. The van der Waals surface area contributed by atoms with Gasteiger partial charge in [0.05, 0.1) is 0 Å². The van der Waals surface area contributed by atoms with Crippen LogP contribution in [0.15, 0.2) is 12.2 Å². The molecule has 1 nitrogen and oxygen atoms in total. The van der Waals surface area contributed by atoms with Crippen LogP contribution in [0.3, 0.4) is 0 Å². The van der Waals surface area contributed by atoms with Gasteiger partial charge in [-0.1, -0.05) is 31.9 Å². The summed E-state index contributed by atoms with van der Waals surface area (Å²) in [6.45, 7) is 2.01. The van der Waals surface area contributed by atoms with Crippen molar-refractivity contribution in [2.45, 2.75) is 45.4 Å². The van der Waals surface area contributed by atoms with E-state index in [1.807, 2.05) is 6.92 Å². The van der Waals surface area contributed by atoms with Crippen molar-refractivity contribution in [3.05, 3.63) is 12.2 Å². The lowest BCUT2D eigenvalue weighted by Crippen LogP contribution is -2.04. The zero-order valence-corrected chi connectivity index (χ0v) is 8.54. The van der Waals surface area contributed by atoms with Gasteiger partial charge in [0.15, 0.2) is 0 Å². The minimum Gasteiger partial charge on any atom is -0.303 e. The molecule has 0 amide bonds. The Kier molecular flexibility index (Phi) is 4.81. The number of rotatable bonds is 5. The second kappa shape index (κ2) is 5.95. The molecule has 0 N–H and O–H groups in total. The van der Waals surface area contributed by atoms with Gasteiger partial charge < -0.3 is 4.79 Å². The van der Waals surface area contributed by atoms with Crippen LogP contribution in [-0.4, -0.2) is 6.29 Å². The number of allylic oxidation sites excluding steroid dienone is 2. The van der Waals surface area contributed by atoms with Crippen molar-refractivity contribution < 1.29 is 4.79 Å². The first-order valence-corrected chi connectivity index (χ1v) is 5.43. The number of hydrogen-bond donors (Lipinski definition) is 0. The zero-order valence-electron chi connectivity index (χ0n) is 8.54. The van der Waals surface area contributed by atoms with E-state index in [0.29, 0.717) is 0 Å². The van der Waals surface area contributed by atoms with E-state index in [4.69, 9.17) is 0 Å². The second-order valence-corrected chi connectivity index (χ2v) is 4.19. The molecule has 1 heteroatoms. The van der Waals surface area contributed by atoms with E-state index in [9.17, 15) is 4.79 Å². The number of carbonyl (C=O) groups is 1. The quantitative estimate of drug-likeness (QED) is 0.468. The zero-order chi connectivity index (χ0) is 9.52. The van der Waals surface area contributed by atoms with Crippen LogP contribution < -0.4 is 0 Å². The van der Waals surface area contributed by atoms with Crippen molar-refractivity contribution in [2.75, 3.05) is 0 Å². The molecule has 0 aromatic heterocycles. The van der Waals surface area contributed by atoms with E-state index < -0.39 is 0 Å². The molecule has 0 aliphatic heterocycles. The molecule has 2 atom stereocenters. The van der Waals surface area contributed by atoms with E-state index in [1.54, 1.807) is 0 Å². The van der Waals surface area contributed by atoms with Crippen molar-refractivity contribution in [3.8, 4) is 0 Å². The van der Waals surface area contributed by atoms with Crippen molar-refractivity contribution in [1.82, 2.24) is 0 Å². The molecular formula is C12H20O. The Labute approximate surface area is 81.2 Å². The average molecular weight is 180 g/mol. The van der Waals surface area contributed by atoms with Crippen LogP contribution in [0.1, 0.15) is 45.4 Å². The molecule has 0 spiro atoms. The van der Waals surface area contributed by atoms with E-state index in [1.165, 1.54) is 32.1 Å². The van der Waals surface area contributed by atoms with Crippen LogP contribution in [0, 0.1) is 11.8 Å². The third kappa shape index (κ3) is 4.25. The van der Waals surface area contributed by atoms with Crippen molar-refractivity contribution in [3.63, 3.8) is 0 Å². The van der Waals surface area contributed by atoms with Gasteiger partial charge in [-0.3, -0.25) is 0 Å². The fraction of sp³-hybridized carbons (Fsp3) is 0.750. The van der Waals surface area contributed by atoms with E-state index in [0.717, 1.165) is 18.6 Å². The molecule has 13 heavy (non-hydrogen) atoms. The van der Waals surface area contributed by atoms with Gasteiger partial charge in [0.1, 0.15) is 6.29 Å². The van der Waals surface area contributed by atoms with Gasteiger partial charge in [-0.2, -0.15) is 0 Å². The molecule has 0 aromatic carbocycles. The molecule has 1 rings (SSSR count). The molecule has 2 unspecified atom stereocenters. The Morgan fingerprint density at radius 3 is 3.00 bits per heavy atom. The minimum atomic E-state index is 0.263. The minimum absolute atomic E-state index is 0.263.